The van der Waals surface area contributed by atoms with E-state index in [0.717, 1.165) is 6.07 Å². The smallest absolute Gasteiger partial charge is 0.341 e. The van der Waals surface area contributed by atoms with Crippen LogP contribution in [-0.4, -0.2) is 19.4 Å². The molecule has 1 aromatic carbocycles. The molecule has 16 heavy (non-hydrogen) atoms. The number of halogens is 2. The first-order valence-electron chi connectivity index (χ1n) is 4.55. The minimum Gasteiger partial charge on any atom is -0.435 e. The zero-order valence-corrected chi connectivity index (χ0v) is 10.2. The van der Waals surface area contributed by atoms with Crippen molar-refractivity contribution < 1.29 is 18.7 Å². The lowest BCUT2D eigenvalue weighted by molar-refractivity contribution is -0.0275. The second-order valence-corrected chi connectivity index (χ2v) is 3.75. The highest BCUT2D eigenvalue weighted by Crippen LogP contribution is 2.23. The van der Waals surface area contributed by atoms with E-state index in [9.17, 15) is 9.18 Å². The molecule has 0 aliphatic rings. The summed E-state index contributed by atoms with van der Waals surface area (Å²) < 4.78 is 22.9. The molecule has 0 unspecified atom stereocenters. The van der Waals surface area contributed by atoms with Gasteiger partial charge < -0.3 is 15.2 Å². The lowest BCUT2D eigenvalue weighted by atomic mass is 10.2. The third kappa shape index (κ3) is 3.18. The molecule has 0 atom stereocenters. The number of carbonyl (C=O) groups excluding carboxylic acids is 1. The van der Waals surface area contributed by atoms with Crippen molar-refractivity contribution in [3.63, 3.8) is 0 Å². The minimum atomic E-state index is -0.618. The SMILES string of the molecule is CCOCOC(=O)c1cc(N)c(F)cc1Br. The molecule has 2 N–H and O–H groups in total. The van der Waals surface area contributed by atoms with Gasteiger partial charge in [-0.25, -0.2) is 9.18 Å². The Morgan fingerprint density at radius 1 is 1.56 bits per heavy atom. The van der Waals surface area contributed by atoms with Gasteiger partial charge in [-0.2, -0.15) is 0 Å². The van der Waals surface area contributed by atoms with Crippen LogP contribution >= 0.6 is 15.9 Å². The second-order valence-electron chi connectivity index (χ2n) is 2.90. The van der Waals surface area contributed by atoms with Gasteiger partial charge in [0.1, 0.15) is 5.82 Å². The van der Waals surface area contributed by atoms with Gasteiger partial charge in [0.15, 0.2) is 6.79 Å². The highest BCUT2D eigenvalue weighted by molar-refractivity contribution is 9.10. The maximum absolute atomic E-state index is 13.0. The van der Waals surface area contributed by atoms with Crippen molar-refractivity contribution in [2.75, 3.05) is 19.1 Å². The van der Waals surface area contributed by atoms with Crippen LogP contribution in [0.25, 0.3) is 0 Å². The van der Waals surface area contributed by atoms with E-state index < -0.39 is 11.8 Å². The monoisotopic (exact) mass is 291 g/mol. The zero-order valence-electron chi connectivity index (χ0n) is 8.63. The molecule has 0 aliphatic carbocycles. The molecule has 0 aromatic heterocycles. The lowest BCUT2D eigenvalue weighted by Crippen LogP contribution is -2.10. The summed E-state index contributed by atoms with van der Waals surface area (Å²) in [5, 5.41) is 0. The van der Waals surface area contributed by atoms with Gasteiger partial charge in [0.05, 0.1) is 11.3 Å². The topological polar surface area (TPSA) is 61.5 Å². The van der Waals surface area contributed by atoms with Gasteiger partial charge >= 0.3 is 5.97 Å². The molecule has 0 spiro atoms. The predicted molar refractivity (Wildman–Crippen MR) is 60.4 cm³/mol. The van der Waals surface area contributed by atoms with Crippen molar-refractivity contribution in [3.05, 3.63) is 28.0 Å². The Morgan fingerprint density at radius 3 is 2.88 bits per heavy atom. The number of benzene rings is 1. The molecule has 1 rings (SSSR count). The summed E-state index contributed by atoms with van der Waals surface area (Å²) in [4.78, 5) is 11.5. The predicted octanol–water partition coefficient (Wildman–Crippen LogP) is 2.32. The van der Waals surface area contributed by atoms with E-state index in [-0.39, 0.29) is 18.0 Å². The molecule has 0 bridgehead atoms. The fourth-order valence-corrected chi connectivity index (χ4v) is 1.46. The summed E-state index contributed by atoms with van der Waals surface area (Å²) in [5.74, 6) is -1.21. The van der Waals surface area contributed by atoms with Gasteiger partial charge in [0.2, 0.25) is 0 Å². The van der Waals surface area contributed by atoms with Gasteiger partial charge in [-0.1, -0.05) is 0 Å². The van der Waals surface area contributed by atoms with E-state index in [0.29, 0.717) is 11.1 Å². The van der Waals surface area contributed by atoms with Crippen LogP contribution in [0, 0.1) is 5.82 Å². The molecule has 0 heterocycles. The maximum Gasteiger partial charge on any atom is 0.341 e. The highest BCUT2D eigenvalue weighted by atomic mass is 79.9. The van der Waals surface area contributed by atoms with Crippen LogP contribution in [0.2, 0.25) is 0 Å². The first-order chi connectivity index (χ1) is 7.56. The van der Waals surface area contributed by atoms with Crippen molar-refractivity contribution in [2.45, 2.75) is 6.92 Å². The second kappa shape index (κ2) is 5.81. The quantitative estimate of drug-likeness (QED) is 0.400. The van der Waals surface area contributed by atoms with Crippen LogP contribution in [0.3, 0.4) is 0 Å². The molecular weight excluding hydrogens is 281 g/mol. The van der Waals surface area contributed by atoms with Crippen molar-refractivity contribution in [1.29, 1.82) is 0 Å². The number of rotatable bonds is 4. The molecule has 0 amide bonds. The number of hydrogen-bond donors (Lipinski definition) is 1. The van der Waals surface area contributed by atoms with Crippen LogP contribution in [-0.2, 0) is 9.47 Å². The Labute approximate surface area is 101 Å². The van der Waals surface area contributed by atoms with Crippen LogP contribution in [0.15, 0.2) is 16.6 Å². The lowest BCUT2D eigenvalue weighted by Gasteiger charge is -2.07. The van der Waals surface area contributed by atoms with E-state index >= 15 is 0 Å². The number of nitrogens with two attached hydrogens (primary N) is 1. The fraction of sp³-hybridized carbons (Fsp3) is 0.300. The summed E-state index contributed by atoms with van der Waals surface area (Å²) in [6.45, 7) is 2.08. The Morgan fingerprint density at radius 2 is 2.25 bits per heavy atom. The molecule has 6 heteroatoms. The Hall–Kier alpha value is -1.14. The van der Waals surface area contributed by atoms with E-state index in [1.807, 2.05) is 0 Å². The molecule has 0 saturated carbocycles. The molecule has 1 aromatic rings. The first kappa shape index (κ1) is 12.9. The fourth-order valence-electron chi connectivity index (χ4n) is 0.978. The van der Waals surface area contributed by atoms with Crippen LogP contribution in [0.4, 0.5) is 10.1 Å². The zero-order chi connectivity index (χ0) is 12.1. The number of carbonyl (C=O) groups is 1. The summed E-state index contributed by atoms with van der Waals surface area (Å²) in [5.41, 5.74) is 5.41. The van der Waals surface area contributed by atoms with Gasteiger partial charge in [0, 0.05) is 11.1 Å². The average molecular weight is 292 g/mol. The summed E-state index contributed by atoms with van der Waals surface area (Å²) in [6.07, 6.45) is 0. The first-order valence-corrected chi connectivity index (χ1v) is 5.35. The van der Waals surface area contributed by atoms with E-state index in [2.05, 4.69) is 15.9 Å². The number of esters is 1. The molecule has 0 saturated heterocycles. The van der Waals surface area contributed by atoms with Crippen LogP contribution in [0.1, 0.15) is 17.3 Å². The Bertz CT molecular complexity index is 398. The summed E-state index contributed by atoms with van der Waals surface area (Å²) in [6, 6.07) is 2.33. The molecule has 0 radical (unpaired) electrons. The van der Waals surface area contributed by atoms with Crippen LogP contribution < -0.4 is 5.73 Å². The Kier molecular flexibility index (Phi) is 4.70. The molecule has 4 nitrogen and oxygen atoms in total. The van der Waals surface area contributed by atoms with E-state index in [1.54, 1.807) is 6.92 Å². The molecular formula is C10H11BrFNO3. The number of nitrogen functional groups attached to an aromatic ring is 1. The number of ether oxygens (including phenoxy) is 2. The van der Waals surface area contributed by atoms with Crippen molar-refractivity contribution in [3.8, 4) is 0 Å². The van der Waals surface area contributed by atoms with E-state index in [4.69, 9.17) is 15.2 Å². The molecule has 88 valence electrons. The normalized spacial score (nSPS) is 10.2. The third-order valence-corrected chi connectivity index (χ3v) is 2.44. The molecule has 0 aliphatic heterocycles. The van der Waals surface area contributed by atoms with Crippen molar-refractivity contribution >= 4 is 27.6 Å². The minimum absolute atomic E-state index is 0.105. The summed E-state index contributed by atoms with van der Waals surface area (Å²) in [7, 11) is 0. The molecule has 0 fully saturated rings. The van der Waals surface area contributed by atoms with Crippen molar-refractivity contribution in [1.82, 2.24) is 0 Å². The number of hydrogen-bond acceptors (Lipinski definition) is 4. The highest BCUT2D eigenvalue weighted by Gasteiger charge is 2.14. The van der Waals surface area contributed by atoms with Gasteiger partial charge in [-0.3, -0.25) is 0 Å². The van der Waals surface area contributed by atoms with Gasteiger partial charge in [0.25, 0.3) is 0 Å². The largest absolute Gasteiger partial charge is 0.435 e. The third-order valence-electron chi connectivity index (χ3n) is 1.78. The van der Waals surface area contributed by atoms with E-state index in [1.165, 1.54) is 6.07 Å². The maximum atomic E-state index is 13.0. The standard InChI is InChI=1S/C10H11BrFNO3/c1-2-15-5-16-10(14)6-3-9(13)8(12)4-7(6)11/h3-4H,2,5,13H2,1H3. The Balaban J connectivity index is 2.79. The van der Waals surface area contributed by atoms with Gasteiger partial charge in [-0.05, 0) is 35.0 Å². The number of anilines is 1. The van der Waals surface area contributed by atoms with Gasteiger partial charge in [-0.15, -0.1) is 0 Å². The van der Waals surface area contributed by atoms with Crippen molar-refractivity contribution in [2.24, 2.45) is 0 Å². The average Bonchev–Trinajstić information content (AvgIpc) is 2.23. The summed E-state index contributed by atoms with van der Waals surface area (Å²) >= 11 is 3.05. The van der Waals surface area contributed by atoms with Crippen LogP contribution in [0.5, 0.6) is 0 Å².